The maximum Gasteiger partial charge on any atom is 0.200 e. The molecule has 122 valence electrons. The Morgan fingerprint density at radius 2 is 1.71 bits per heavy atom. The SMILES string of the molecule is O=c1c(-c2ccc(N3CCCCC3)cc2)coc2cc(O)ccc12. The molecular weight excluding hydrogens is 302 g/mol. The van der Waals surface area contributed by atoms with Gasteiger partial charge in [0.2, 0.25) is 0 Å². The van der Waals surface area contributed by atoms with Crippen LogP contribution in [0.1, 0.15) is 19.3 Å². The molecule has 0 amide bonds. The van der Waals surface area contributed by atoms with E-state index in [1.165, 1.54) is 43.3 Å². The van der Waals surface area contributed by atoms with Crippen molar-refractivity contribution in [2.75, 3.05) is 18.0 Å². The molecule has 1 aliphatic rings. The summed E-state index contributed by atoms with van der Waals surface area (Å²) in [7, 11) is 0. The van der Waals surface area contributed by atoms with Crippen LogP contribution in [0.2, 0.25) is 0 Å². The van der Waals surface area contributed by atoms with Crippen LogP contribution in [0.15, 0.2) is 57.9 Å². The molecule has 0 spiro atoms. The van der Waals surface area contributed by atoms with Gasteiger partial charge in [-0.1, -0.05) is 12.1 Å². The van der Waals surface area contributed by atoms with E-state index in [9.17, 15) is 9.90 Å². The van der Waals surface area contributed by atoms with Crippen molar-refractivity contribution < 1.29 is 9.52 Å². The van der Waals surface area contributed by atoms with Crippen LogP contribution in [0.5, 0.6) is 5.75 Å². The van der Waals surface area contributed by atoms with Crippen molar-refractivity contribution in [3.63, 3.8) is 0 Å². The number of rotatable bonds is 2. The summed E-state index contributed by atoms with van der Waals surface area (Å²) in [5.74, 6) is 0.0873. The summed E-state index contributed by atoms with van der Waals surface area (Å²) in [6.07, 6.45) is 5.26. The Balaban J connectivity index is 1.71. The van der Waals surface area contributed by atoms with Gasteiger partial charge in [0, 0.05) is 24.8 Å². The normalized spacial score (nSPS) is 14.9. The van der Waals surface area contributed by atoms with Gasteiger partial charge in [0.15, 0.2) is 5.43 Å². The third-order valence-corrected chi connectivity index (χ3v) is 4.66. The van der Waals surface area contributed by atoms with Crippen molar-refractivity contribution in [3.05, 3.63) is 59.0 Å². The van der Waals surface area contributed by atoms with E-state index in [0.717, 1.165) is 18.7 Å². The summed E-state index contributed by atoms with van der Waals surface area (Å²) in [6.45, 7) is 2.20. The zero-order valence-corrected chi connectivity index (χ0v) is 13.4. The number of nitrogens with zero attached hydrogens (tertiary/aromatic N) is 1. The standard InChI is InChI=1S/C20H19NO3/c22-16-8-9-17-19(12-16)24-13-18(20(17)23)14-4-6-15(7-5-14)21-10-2-1-3-11-21/h4-9,12-13,22H,1-3,10-11H2. The van der Waals surface area contributed by atoms with E-state index >= 15 is 0 Å². The van der Waals surface area contributed by atoms with Crippen molar-refractivity contribution in [1.29, 1.82) is 0 Å². The molecule has 2 heterocycles. The summed E-state index contributed by atoms with van der Waals surface area (Å²) in [6, 6.07) is 12.7. The van der Waals surface area contributed by atoms with Crippen molar-refractivity contribution in [3.8, 4) is 16.9 Å². The fourth-order valence-corrected chi connectivity index (χ4v) is 3.32. The van der Waals surface area contributed by atoms with Gasteiger partial charge in [0.1, 0.15) is 17.6 Å². The van der Waals surface area contributed by atoms with E-state index < -0.39 is 0 Å². The highest BCUT2D eigenvalue weighted by Gasteiger charge is 2.13. The van der Waals surface area contributed by atoms with E-state index in [1.807, 2.05) is 12.1 Å². The lowest BCUT2D eigenvalue weighted by atomic mass is 10.0. The number of fused-ring (bicyclic) bond motifs is 1. The molecule has 4 nitrogen and oxygen atoms in total. The quantitative estimate of drug-likeness (QED) is 0.770. The topological polar surface area (TPSA) is 53.7 Å². The Morgan fingerprint density at radius 3 is 2.46 bits per heavy atom. The van der Waals surface area contributed by atoms with E-state index in [2.05, 4.69) is 17.0 Å². The molecule has 1 aromatic heterocycles. The van der Waals surface area contributed by atoms with E-state index in [1.54, 1.807) is 6.07 Å². The second kappa shape index (κ2) is 6.04. The average molecular weight is 321 g/mol. The van der Waals surface area contributed by atoms with Crippen molar-refractivity contribution >= 4 is 16.7 Å². The Morgan fingerprint density at radius 1 is 0.958 bits per heavy atom. The zero-order chi connectivity index (χ0) is 16.5. The van der Waals surface area contributed by atoms with Gasteiger partial charge in [0.05, 0.1) is 10.9 Å². The van der Waals surface area contributed by atoms with Crippen LogP contribution in [0.4, 0.5) is 5.69 Å². The first-order valence-electron chi connectivity index (χ1n) is 8.32. The summed E-state index contributed by atoms with van der Waals surface area (Å²) in [5, 5.41) is 9.97. The van der Waals surface area contributed by atoms with Gasteiger partial charge in [-0.25, -0.2) is 0 Å². The van der Waals surface area contributed by atoms with Crippen molar-refractivity contribution in [1.82, 2.24) is 0 Å². The van der Waals surface area contributed by atoms with Gasteiger partial charge in [-0.2, -0.15) is 0 Å². The molecule has 0 aliphatic carbocycles. The predicted octanol–water partition coefficient (Wildman–Crippen LogP) is 4.16. The zero-order valence-electron chi connectivity index (χ0n) is 13.4. The first-order chi connectivity index (χ1) is 11.7. The number of aromatic hydroxyl groups is 1. The van der Waals surface area contributed by atoms with Gasteiger partial charge >= 0.3 is 0 Å². The fourth-order valence-electron chi connectivity index (χ4n) is 3.32. The molecule has 2 aromatic carbocycles. The van der Waals surface area contributed by atoms with Crippen LogP contribution in [0.25, 0.3) is 22.1 Å². The highest BCUT2D eigenvalue weighted by molar-refractivity contribution is 5.82. The number of hydrogen-bond donors (Lipinski definition) is 1. The third kappa shape index (κ3) is 2.64. The maximum absolute atomic E-state index is 12.7. The Bertz CT molecular complexity index is 922. The lowest BCUT2D eigenvalue weighted by Crippen LogP contribution is -2.29. The summed E-state index contributed by atoms with van der Waals surface area (Å²) >= 11 is 0. The highest BCUT2D eigenvalue weighted by Crippen LogP contribution is 2.26. The number of phenolic OH excluding ortho intramolecular Hbond substituents is 1. The molecule has 4 heteroatoms. The molecule has 1 aliphatic heterocycles. The molecule has 1 saturated heterocycles. The largest absolute Gasteiger partial charge is 0.508 e. The lowest BCUT2D eigenvalue weighted by Gasteiger charge is -2.28. The van der Waals surface area contributed by atoms with E-state index in [4.69, 9.17) is 4.42 Å². The van der Waals surface area contributed by atoms with E-state index in [-0.39, 0.29) is 11.2 Å². The number of phenols is 1. The van der Waals surface area contributed by atoms with Crippen LogP contribution in [0, 0.1) is 0 Å². The van der Waals surface area contributed by atoms with Gasteiger partial charge in [0.25, 0.3) is 0 Å². The third-order valence-electron chi connectivity index (χ3n) is 4.66. The van der Waals surface area contributed by atoms with Gasteiger partial charge in [-0.05, 0) is 49.1 Å². The smallest absolute Gasteiger partial charge is 0.200 e. The molecule has 0 saturated carbocycles. The summed E-state index contributed by atoms with van der Waals surface area (Å²) < 4.78 is 5.54. The fraction of sp³-hybridized carbons (Fsp3) is 0.250. The highest BCUT2D eigenvalue weighted by atomic mass is 16.3. The summed E-state index contributed by atoms with van der Waals surface area (Å²) in [4.78, 5) is 15.1. The maximum atomic E-state index is 12.7. The Kier molecular flexibility index (Phi) is 3.73. The molecular formula is C20H19NO3. The minimum absolute atomic E-state index is 0.0815. The Hall–Kier alpha value is -2.75. The molecule has 0 bridgehead atoms. The number of anilines is 1. The minimum Gasteiger partial charge on any atom is -0.508 e. The molecule has 1 N–H and O–H groups in total. The van der Waals surface area contributed by atoms with Gasteiger partial charge in [-0.3, -0.25) is 4.79 Å². The second-order valence-electron chi connectivity index (χ2n) is 6.25. The molecule has 0 atom stereocenters. The summed E-state index contributed by atoms with van der Waals surface area (Å²) in [5.41, 5.74) is 2.90. The number of piperidine rings is 1. The van der Waals surface area contributed by atoms with Gasteiger partial charge < -0.3 is 14.4 Å². The molecule has 0 unspecified atom stereocenters. The molecule has 4 rings (SSSR count). The van der Waals surface area contributed by atoms with Crippen molar-refractivity contribution in [2.45, 2.75) is 19.3 Å². The van der Waals surface area contributed by atoms with Crippen LogP contribution < -0.4 is 10.3 Å². The first kappa shape index (κ1) is 14.8. The van der Waals surface area contributed by atoms with Crippen LogP contribution in [-0.2, 0) is 0 Å². The van der Waals surface area contributed by atoms with Gasteiger partial charge in [-0.15, -0.1) is 0 Å². The molecule has 24 heavy (non-hydrogen) atoms. The molecule has 3 aromatic rings. The van der Waals surface area contributed by atoms with Crippen LogP contribution in [0.3, 0.4) is 0 Å². The Labute approximate surface area is 140 Å². The van der Waals surface area contributed by atoms with Crippen LogP contribution >= 0.6 is 0 Å². The molecule has 0 radical (unpaired) electrons. The second-order valence-corrected chi connectivity index (χ2v) is 6.25. The lowest BCUT2D eigenvalue weighted by molar-refractivity contribution is 0.474. The number of benzene rings is 2. The minimum atomic E-state index is -0.0815. The molecule has 1 fully saturated rings. The predicted molar refractivity (Wildman–Crippen MR) is 95.6 cm³/mol. The number of hydrogen-bond acceptors (Lipinski definition) is 4. The monoisotopic (exact) mass is 321 g/mol. The average Bonchev–Trinajstić information content (AvgIpc) is 2.63. The van der Waals surface area contributed by atoms with E-state index in [0.29, 0.717) is 16.5 Å². The van der Waals surface area contributed by atoms with Crippen LogP contribution in [-0.4, -0.2) is 18.2 Å². The first-order valence-corrected chi connectivity index (χ1v) is 8.32. The van der Waals surface area contributed by atoms with Crippen molar-refractivity contribution in [2.24, 2.45) is 0 Å².